The van der Waals surface area contributed by atoms with Crippen LogP contribution in [0, 0.1) is 0 Å². The van der Waals surface area contributed by atoms with Crippen LogP contribution in [0.15, 0.2) is 18.2 Å². The second-order valence-corrected chi connectivity index (χ2v) is 4.74. The third kappa shape index (κ3) is 2.71. The van der Waals surface area contributed by atoms with Gasteiger partial charge in [0.05, 0.1) is 0 Å². The summed E-state index contributed by atoms with van der Waals surface area (Å²) < 4.78 is 0. The molecule has 13 heavy (non-hydrogen) atoms. The minimum Gasteiger partial charge on any atom is -0.326 e. The second kappa shape index (κ2) is 3.69. The van der Waals surface area contributed by atoms with Crippen molar-refractivity contribution >= 4 is 11.6 Å². The van der Waals surface area contributed by atoms with E-state index >= 15 is 0 Å². The average molecular weight is 198 g/mol. The highest BCUT2D eigenvalue weighted by Gasteiger charge is 2.14. The van der Waals surface area contributed by atoms with Crippen molar-refractivity contribution in [2.75, 3.05) is 0 Å². The lowest BCUT2D eigenvalue weighted by atomic mass is 9.86. The van der Waals surface area contributed by atoms with Gasteiger partial charge < -0.3 is 5.73 Å². The highest BCUT2D eigenvalue weighted by atomic mass is 35.5. The van der Waals surface area contributed by atoms with Gasteiger partial charge in [-0.05, 0) is 28.7 Å². The number of nitrogens with two attached hydrogens (primary N) is 1. The Labute approximate surface area is 84.9 Å². The van der Waals surface area contributed by atoms with Gasteiger partial charge in [0, 0.05) is 11.6 Å². The van der Waals surface area contributed by atoms with Gasteiger partial charge in [-0.15, -0.1) is 0 Å². The largest absolute Gasteiger partial charge is 0.326 e. The third-order valence-electron chi connectivity index (χ3n) is 2.06. The van der Waals surface area contributed by atoms with Crippen LogP contribution in [0.3, 0.4) is 0 Å². The normalized spacial score (nSPS) is 11.8. The Bertz CT molecular complexity index is 299. The molecule has 0 bridgehead atoms. The Kier molecular flexibility index (Phi) is 2.99. The summed E-state index contributed by atoms with van der Waals surface area (Å²) in [5.74, 6) is 0. The predicted molar refractivity (Wildman–Crippen MR) is 58.0 cm³/mol. The fourth-order valence-corrected chi connectivity index (χ4v) is 1.46. The number of hydrogen-bond donors (Lipinski definition) is 1. The molecule has 0 radical (unpaired) electrons. The van der Waals surface area contributed by atoms with Gasteiger partial charge in [-0.1, -0.05) is 38.4 Å². The molecule has 0 aliphatic carbocycles. The molecule has 1 nitrogen and oxygen atoms in total. The van der Waals surface area contributed by atoms with Gasteiger partial charge in [-0.2, -0.15) is 0 Å². The molecule has 2 heteroatoms. The van der Waals surface area contributed by atoms with Crippen molar-refractivity contribution in [2.45, 2.75) is 32.7 Å². The highest BCUT2D eigenvalue weighted by Crippen LogP contribution is 2.26. The molecule has 0 atom stereocenters. The van der Waals surface area contributed by atoms with E-state index in [9.17, 15) is 0 Å². The monoisotopic (exact) mass is 197 g/mol. The summed E-state index contributed by atoms with van der Waals surface area (Å²) in [6.07, 6.45) is 0. The zero-order valence-electron chi connectivity index (χ0n) is 8.39. The van der Waals surface area contributed by atoms with E-state index in [2.05, 4.69) is 26.8 Å². The Morgan fingerprint density at radius 1 is 1.23 bits per heavy atom. The first-order chi connectivity index (χ1) is 5.93. The third-order valence-corrected chi connectivity index (χ3v) is 2.28. The molecule has 0 amide bonds. The Morgan fingerprint density at radius 2 is 1.85 bits per heavy atom. The van der Waals surface area contributed by atoms with Gasteiger partial charge in [0.1, 0.15) is 0 Å². The molecule has 0 saturated heterocycles. The molecule has 1 aromatic carbocycles. The Morgan fingerprint density at radius 3 is 2.31 bits per heavy atom. The van der Waals surface area contributed by atoms with Crippen LogP contribution in [0.4, 0.5) is 0 Å². The predicted octanol–water partition coefficient (Wildman–Crippen LogP) is 3.10. The topological polar surface area (TPSA) is 26.0 Å². The summed E-state index contributed by atoms with van der Waals surface area (Å²) in [7, 11) is 0. The zero-order valence-corrected chi connectivity index (χ0v) is 9.15. The van der Waals surface area contributed by atoms with Crippen molar-refractivity contribution in [2.24, 2.45) is 5.73 Å². The number of benzene rings is 1. The van der Waals surface area contributed by atoms with E-state index in [1.165, 1.54) is 5.56 Å². The fraction of sp³-hybridized carbons (Fsp3) is 0.455. The maximum absolute atomic E-state index is 5.98. The van der Waals surface area contributed by atoms with Crippen LogP contribution in [-0.4, -0.2) is 0 Å². The van der Waals surface area contributed by atoms with Crippen LogP contribution in [0.2, 0.25) is 5.02 Å². The van der Waals surface area contributed by atoms with E-state index in [1.54, 1.807) is 0 Å². The minimum atomic E-state index is 0.134. The van der Waals surface area contributed by atoms with Gasteiger partial charge >= 0.3 is 0 Å². The molecule has 0 saturated carbocycles. The van der Waals surface area contributed by atoms with Crippen LogP contribution in [0.1, 0.15) is 31.9 Å². The van der Waals surface area contributed by atoms with Crippen LogP contribution >= 0.6 is 11.6 Å². The zero-order chi connectivity index (χ0) is 10.1. The molecule has 1 aromatic rings. The summed E-state index contributed by atoms with van der Waals surface area (Å²) >= 11 is 5.98. The molecular weight excluding hydrogens is 182 g/mol. The van der Waals surface area contributed by atoms with Crippen molar-refractivity contribution < 1.29 is 0 Å². The molecule has 0 aliphatic heterocycles. The fourth-order valence-electron chi connectivity index (χ4n) is 1.20. The molecule has 1 rings (SSSR count). The van der Waals surface area contributed by atoms with E-state index in [0.717, 1.165) is 10.6 Å². The summed E-state index contributed by atoms with van der Waals surface area (Å²) in [5, 5.41) is 0.771. The van der Waals surface area contributed by atoms with Gasteiger partial charge in [0.25, 0.3) is 0 Å². The van der Waals surface area contributed by atoms with Crippen molar-refractivity contribution in [3.05, 3.63) is 34.3 Å². The maximum Gasteiger partial charge on any atom is 0.0412 e. The first-order valence-corrected chi connectivity index (χ1v) is 4.81. The van der Waals surface area contributed by atoms with Gasteiger partial charge in [-0.3, -0.25) is 0 Å². The van der Waals surface area contributed by atoms with Gasteiger partial charge in [0.15, 0.2) is 0 Å². The second-order valence-electron chi connectivity index (χ2n) is 4.30. The molecular formula is C11H16ClN. The highest BCUT2D eigenvalue weighted by molar-refractivity contribution is 6.30. The van der Waals surface area contributed by atoms with E-state index in [-0.39, 0.29) is 5.41 Å². The van der Waals surface area contributed by atoms with Crippen molar-refractivity contribution in [1.29, 1.82) is 0 Å². The van der Waals surface area contributed by atoms with Crippen molar-refractivity contribution in [3.8, 4) is 0 Å². The Hall–Kier alpha value is -0.530. The minimum absolute atomic E-state index is 0.134. The summed E-state index contributed by atoms with van der Waals surface area (Å²) in [4.78, 5) is 0. The van der Waals surface area contributed by atoms with Crippen LogP contribution < -0.4 is 5.73 Å². The molecule has 0 unspecified atom stereocenters. The molecule has 2 N–H and O–H groups in total. The molecule has 0 heterocycles. The standard InChI is InChI=1S/C11H16ClN/c1-11(2,3)9-4-8(7-13)5-10(12)6-9/h4-6H,7,13H2,1-3H3. The SMILES string of the molecule is CC(C)(C)c1cc(Cl)cc(CN)c1. The lowest BCUT2D eigenvalue weighted by Crippen LogP contribution is -2.12. The first kappa shape index (κ1) is 10.6. The van der Waals surface area contributed by atoms with Crippen LogP contribution in [0.5, 0.6) is 0 Å². The molecule has 0 aromatic heterocycles. The molecule has 72 valence electrons. The molecule has 0 aliphatic rings. The summed E-state index contributed by atoms with van der Waals surface area (Å²) in [6, 6.07) is 6.03. The first-order valence-electron chi connectivity index (χ1n) is 4.43. The van der Waals surface area contributed by atoms with Gasteiger partial charge in [-0.25, -0.2) is 0 Å². The van der Waals surface area contributed by atoms with E-state index in [4.69, 9.17) is 17.3 Å². The van der Waals surface area contributed by atoms with Gasteiger partial charge in [0.2, 0.25) is 0 Å². The lowest BCUT2D eigenvalue weighted by molar-refractivity contribution is 0.589. The van der Waals surface area contributed by atoms with Crippen LogP contribution in [-0.2, 0) is 12.0 Å². The van der Waals surface area contributed by atoms with E-state index in [1.807, 2.05) is 12.1 Å². The summed E-state index contributed by atoms with van der Waals surface area (Å²) in [5.41, 5.74) is 8.04. The average Bonchev–Trinajstić information content (AvgIpc) is 2.01. The van der Waals surface area contributed by atoms with Crippen LogP contribution in [0.25, 0.3) is 0 Å². The van der Waals surface area contributed by atoms with Crippen molar-refractivity contribution in [1.82, 2.24) is 0 Å². The smallest absolute Gasteiger partial charge is 0.0412 e. The quantitative estimate of drug-likeness (QED) is 0.736. The molecule has 0 spiro atoms. The van der Waals surface area contributed by atoms with E-state index in [0.29, 0.717) is 6.54 Å². The van der Waals surface area contributed by atoms with Crippen molar-refractivity contribution in [3.63, 3.8) is 0 Å². The van der Waals surface area contributed by atoms with E-state index < -0.39 is 0 Å². The molecule has 0 fully saturated rings. The Balaban J connectivity index is 3.16. The maximum atomic E-state index is 5.98. The number of hydrogen-bond acceptors (Lipinski definition) is 1. The lowest BCUT2D eigenvalue weighted by Gasteiger charge is -2.20. The number of halogens is 1. The summed E-state index contributed by atoms with van der Waals surface area (Å²) in [6.45, 7) is 7.04. The number of rotatable bonds is 1.